The fourth-order valence-corrected chi connectivity index (χ4v) is 4.22. The average molecular weight is 419 g/mol. The summed E-state index contributed by atoms with van der Waals surface area (Å²) < 4.78 is 12.6. The number of alkyl halides is 1. The quantitative estimate of drug-likeness (QED) is 0.285. The Hall–Kier alpha value is -0.570. The van der Waals surface area contributed by atoms with Crippen LogP contribution >= 0.6 is 0 Å². The minimum atomic E-state index is -0.846. The van der Waals surface area contributed by atoms with Crippen molar-refractivity contribution in [3.63, 3.8) is 0 Å². The van der Waals surface area contributed by atoms with E-state index in [0.29, 0.717) is 38.4 Å². The highest BCUT2D eigenvalue weighted by molar-refractivity contribution is 4.92. The van der Waals surface area contributed by atoms with Gasteiger partial charge < -0.3 is 25.3 Å². The third kappa shape index (κ3) is 9.85. The lowest BCUT2D eigenvalue weighted by Gasteiger charge is -2.40. The van der Waals surface area contributed by atoms with Crippen molar-refractivity contribution in [2.24, 2.45) is 5.92 Å². The van der Waals surface area contributed by atoms with Crippen molar-refractivity contribution < 1.29 is 24.8 Å². The molecule has 172 valence electrons. The molecular formula is C22H43FN2O4. The van der Waals surface area contributed by atoms with E-state index in [1.807, 2.05) is 6.92 Å². The third-order valence-electron chi connectivity index (χ3n) is 6.08. The van der Waals surface area contributed by atoms with Crippen LogP contribution in [0.2, 0.25) is 0 Å². The van der Waals surface area contributed by atoms with Crippen molar-refractivity contribution in [2.75, 3.05) is 46.0 Å². The van der Waals surface area contributed by atoms with Crippen LogP contribution in [0.15, 0.2) is 12.7 Å². The van der Waals surface area contributed by atoms with Crippen molar-refractivity contribution in [3.05, 3.63) is 12.7 Å². The fraction of sp³-hybridized carbons (Fsp3) is 0.909. The molecule has 1 aliphatic heterocycles. The maximum absolute atomic E-state index is 12.6. The first-order valence-electron chi connectivity index (χ1n) is 11.3. The predicted molar refractivity (Wildman–Crippen MR) is 115 cm³/mol. The SMILES string of the molecule is C=CC(CN(CCCC(O)CCO)C1CCN(CCF)CC1)C(O)C(O)CCC. The lowest BCUT2D eigenvalue weighted by atomic mass is 9.93. The molecule has 1 saturated heterocycles. The summed E-state index contributed by atoms with van der Waals surface area (Å²) in [5.41, 5.74) is 0. The van der Waals surface area contributed by atoms with E-state index in [4.69, 9.17) is 5.11 Å². The first kappa shape index (κ1) is 26.5. The number of aliphatic hydroxyl groups is 4. The van der Waals surface area contributed by atoms with Crippen LogP contribution < -0.4 is 0 Å². The van der Waals surface area contributed by atoms with Gasteiger partial charge in [-0.3, -0.25) is 4.90 Å². The van der Waals surface area contributed by atoms with Gasteiger partial charge in [-0.25, -0.2) is 4.39 Å². The molecule has 0 saturated carbocycles. The summed E-state index contributed by atoms with van der Waals surface area (Å²) in [5.74, 6) is -0.234. The van der Waals surface area contributed by atoms with Gasteiger partial charge in [0.15, 0.2) is 0 Å². The molecule has 6 nitrogen and oxygen atoms in total. The maximum atomic E-state index is 12.6. The van der Waals surface area contributed by atoms with Gasteiger partial charge in [-0.05, 0) is 58.2 Å². The highest BCUT2D eigenvalue weighted by atomic mass is 19.1. The van der Waals surface area contributed by atoms with Gasteiger partial charge in [-0.15, -0.1) is 6.58 Å². The zero-order valence-corrected chi connectivity index (χ0v) is 18.1. The number of likely N-dealkylation sites (tertiary alicyclic amines) is 1. The molecular weight excluding hydrogens is 375 g/mol. The number of hydrogen-bond donors (Lipinski definition) is 4. The predicted octanol–water partition coefficient (Wildman–Crippen LogP) is 1.57. The summed E-state index contributed by atoms with van der Waals surface area (Å²) in [6.45, 7) is 9.10. The molecule has 0 spiro atoms. The molecule has 0 aliphatic carbocycles. The van der Waals surface area contributed by atoms with E-state index in [1.165, 1.54) is 0 Å². The van der Waals surface area contributed by atoms with E-state index in [1.54, 1.807) is 6.08 Å². The van der Waals surface area contributed by atoms with Crippen molar-refractivity contribution in [1.29, 1.82) is 0 Å². The van der Waals surface area contributed by atoms with E-state index in [9.17, 15) is 19.7 Å². The summed E-state index contributed by atoms with van der Waals surface area (Å²) in [4.78, 5) is 4.48. The first-order chi connectivity index (χ1) is 14.0. The summed E-state index contributed by atoms with van der Waals surface area (Å²) in [6, 6.07) is 0.332. The Bertz CT molecular complexity index is 422. The summed E-state index contributed by atoms with van der Waals surface area (Å²) in [5, 5.41) is 39.7. The Labute approximate surface area is 176 Å². The zero-order valence-electron chi connectivity index (χ0n) is 18.1. The summed E-state index contributed by atoms with van der Waals surface area (Å²) in [6.07, 6.45) is 4.68. The second-order valence-electron chi connectivity index (χ2n) is 8.31. The van der Waals surface area contributed by atoms with E-state index in [-0.39, 0.29) is 19.2 Å². The van der Waals surface area contributed by atoms with Crippen LogP contribution in [0, 0.1) is 5.92 Å². The molecule has 29 heavy (non-hydrogen) atoms. The van der Waals surface area contributed by atoms with Crippen LogP contribution in [-0.4, -0.2) is 101 Å². The molecule has 0 bridgehead atoms. The lowest BCUT2D eigenvalue weighted by Crippen LogP contribution is -2.49. The molecule has 0 radical (unpaired) electrons. The molecule has 0 aromatic carbocycles. The zero-order chi connectivity index (χ0) is 21.6. The van der Waals surface area contributed by atoms with Gasteiger partial charge in [-0.1, -0.05) is 19.4 Å². The molecule has 0 aromatic rings. The van der Waals surface area contributed by atoms with E-state index in [2.05, 4.69) is 16.4 Å². The van der Waals surface area contributed by atoms with Gasteiger partial charge in [0.1, 0.15) is 6.67 Å². The van der Waals surface area contributed by atoms with Gasteiger partial charge in [0.25, 0.3) is 0 Å². The number of aliphatic hydroxyl groups excluding tert-OH is 4. The Kier molecular flexibility index (Phi) is 13.9. The molecule has 1 heterocycles. The third-order valence-corrected chi connectivity index (χ3v) is 6.08. The molecule has 4 unspecified atom stereocenters. The Morgan fingerprint density at radius 2 is 1.86 bits per heavy atom. The topological polar surface area (TPSA) is 87.4 Å². The minimum Gasteiger partial charge on any atom is -0.396 e. The van der Waals surface area contributed by atoms with Gasteiger partial charge >= 0.3 is 0 Å². The van der Waals surface area contributed by atoms with Gasteiger partial charge in [0.05, 0.1) is 18.3 Å². The van der Waals surface area contributed by atoms with Crippen molar-refractivity contribution in [1.82, 2.24) is 9.80 Å². The molecule has 1 fully saturated rings. The second kappa shape index (κ2) is 15.3. The lowest BCUT2D eigenvalue weighted by molar-refractivity contribution is -0.0237. The highest BCUT2D eigenvalue weighted by Crippen LogP contribution is 2.22. The van der Waals surface area contributed by atoms with Crippen molar-refractivity contribution in [2.45, 2.75) is 76.2 Å². The number of hydrogen-bond acceptors (Lipinski definition) is 6. The molecule has 0 aromatic heterocycles. The number of rotatable bonds is 16. The molecule has 0 amide bonds. The Morgan fingerprint density at radius 1 is 1.17 bits per heavy atom. The monoisotopic (exact) mass is 418 g/mol. The van der Waals surface area contributed by atoms with Crippen LogP contribution in [0.1, 0.15) is 51.9 Å². The molecule has 4 atom stereocenters. The number of piperidine rings is 1. The van der Waals surface area contributed by atoms with Crippen molar-refractivity contribution in [3.8, 4) is 0 Å². The normalized spacial score (nSPS) is 20.5. The van der Waals surface area contributed by atoms with Crippen molar-refractivity contribution >= 4 is 0 Å². The summed E-state index contributed by atoms with van der Waals surface area (Å²) >= 11 is 0. The number of nitrogens with zero attached hydrogens (tertiary/aromatic N) is 2. The Morgan fingerprint density at radius 3 is 2.41 bits per heavy atom. The highest BCUT2D eigenvalue weighted by Gasteiger charge is 2.30. The minimum absolute atomic E-state index is 0.0159. The summed E-state index contributed by atoms with van der Waals surface area (Å²) in [7, 11) is 0. The standard InChI is InChI=1S/C22H43FN2O4/c1-3-6-21(28)22(29)18(4-2)17-25(12-5-7-20(27)10-16-26)19-8-13-24(14-9-19)15-11-23/h4,18-22,26-29H,2-3,5-17H2,1H3. The van der Waals surface area contributed by atoms with Gasteiger partial charge in [0, 0.05) is 31.7 Å². The second-order valence-corrected chi connectivity index (χ2v) is 8.31. The average Bonchev–Trinajstić information content (AvgIpc) is 2.71. The van der Waals surface area contributed by atoms with Crippen LogP contribution in [-0.2, 0) is 0 Å². The number of halogens is 1. The molecule has 1 aliphatic rings. The molecule has 7 heteroatoms. The van der Waals surface area contributed by atoms with E-state index in [0.717, 1.165) is 45.3 Å². The van der Waals surface area contributed by atoms with Crippen LogP contribution in [0.3, 0.4) is 0 Å². The van der Waals surface area contributed by atoms with Crippen LogP contribution in [0.25, 0.3) is 0 Å². The largest absolute Gasteiger partial charge is 0.396 e. The smallest absolute Gasteiger partial charge is 0.102 e. The first-order valence-corrected chi connectivity index (χ1v) is 11.3. The maximum Gasteiger partial charge on any atom is 0.102 e. The molecule has 4 N–H and O–H groups in total. The Balaban J connectivity index is 2.71. The van der Waals surface area contributed by atoms with E-state index >= 15 is 0 Å². The van der Waals surface area contributed by atoms with Crippen LogP contribution in [0.4, 0.5) is 4.39 Å². The van der Waals surface area contributed by atoms with Crippen LogP contribution in [0.5, 0.6) is 0 Å². The fourth-order valence-electron chi connectivity index (χ4n) is 4.22. The molecule has 1 rings (SSSR count). The van der Waals surface area contributed by atoms with Gasteiger partial charge in [0.2, 0.25) is 0 Å². The van der Waals surface area contributed by atoms with E-state index < -0.39 is 18.3 Å². The van der Waals surface area contributed by atoms with Gasteiger partial charge in [-0.2, -0.15) is 0 Å².